The third-order valence-corrected chi connectivity index (χ3v) is 7.36. The number of morpholine rings is 1. The average Bonchev–Trinajstić information content (AvgIpc) is 3.31. The molecular weight excluding hydrogens is 458 g/mol. The van der Waals surface area contributed by atoms with Gasteiger partial charge in [-0.3, -0.25) is 9.69 Å². The number of hydrogen-bond donors (Lipinski definition) is 1. The van der Waals surface area contributed by atoms with E-state index >= 15 is 0 Å². The SMILES string of the molecule is O=C(C[C@H](CCc1ccccc1)c1cn(Cc2ccccc2)c2ccccc12)NCCN1CCOCC1. The largest absolute Gasteiger partial charge is 0.379 e. The highest BCUT2D eigenvalue weighted by molar-refractivity contribution is 5.86. The van der Waals surface area contributed by atoms with Crippen LogP contribution in [0.3, 0.4) is 0 Å². The van der Waals surface area contributed by atoms with Crippen molar-refractivity contribution in [2.75, 3.05) is 39.4 Å². The van der Waals surface area contributed by atoms with Crippen LogP contribution in [0.15, 0.2) is 91.1 Å². The van der Waals surface area contributed by atoms with E-state index < -0.39 is 0 Å². The Morgan fingerprint density at radius 2 is 1.54 bits per heavy atom. The molecule has 0 saturated carbocycles. The van der Waals surface area contributed by atoms with Gasteiger partial charge in [0.05, 0.1) is 13.2 Å². The van der Waals surface area contributed by atoms with Crippen molar-refractivity contribution in [1.82, 2.24) is 14.8 Å². The Kier molecular flexibility index (Phi) is 8.67. The lowest BCUT2D eigenvalue weighted by Crippen LogP contribution is -2.41. The molecule has 4 aromatic rings. The molecule has 192 valence electrons. The Hall–Kier alpha value is -3.41. The van der Waals surface area contributed by atoms with Gasteiger partial charge in [0.25, 0.3) is 0 Å². The second-order valence-electron chi connectivity index (χ2n) is 9.94. The molecule has 2 heterocycles. The van der Waals surface area contributed by atoms with Crippen molar-refractivity contribution in [2.24, 2.45) is 0 Å². The molecule has 1 aromatic heterocycles. The predicted molar refractivity (Wildman–Crippen MR) is 150 cm³/mol. The highest BCUT2D eigenvalue weighted by atomic mass is 16.5. The number of hydrogen-bond acceptors (Lipinski definition) is 3. The second-order valence-corrected chi connectivity index (χ2v) is 9.94. The summed E-state index contributed by atoms with van der Waals surface area (Å²) in [4.78, 5) is 15.5. The molecule has 1 fully saturated rings. The van der Waals surface area contributed by atoms with Crippen LogP contribution in [0.2, 0.25) is 0 Å². The molecule has 1 aliphatic heterocycles. The molecule has 5 rings (SSSR count). The topological polar surface area (TPSA) is 46.5 Å². The van der Waals surface area contributed by atoms with E-state index in [2.05, 4.69) is 106 Å². The molecule has 1 saturated heterocycles. The van der Waals surface area contributed by atoms with E-state index in [1.54, 1.807) is 0 Å². The second kappa shape index (κ2) is 12.7. The summed E-state index contributed by atoms with van der Waals surface area (Å²) in [5.41, 5.74) is 5.08. The van der Waals surface area contributed by atoms with Gasteiger partial charge < -0.3 is 14.6 Å². The van der Waals surface area contributed by atoms with Gasteiger partial charge in [0.1, 0.15) is 0 Å². The fourth-order valence-electron chi connectivity index (χ4n) is 5.34. The first kappa shape index (κ1) is 25.2. The molecule has 5 nitrogen and oxygen atoms in total. The van der Waals surface area contributed by atoms with E-state index in [-0.39, 0.29) is 11.8 Å². The maximum atomic E-state index is 13.2. The van der Waals surface area contributed by atoms with Gasteiger partial charge in [-0.25, -0.2) is 0 Å². The van der Waals surface area contributed by atoms with Gasteiger partial charge in [0.2, 0.25) is 5.91 Å². The number of amides is 1. The summed E-state index contributed by atoms with van der Waals surface area (Å²) in [6.45, 7) is 5.82. The van der Waals surface area contributed by atoms with E-state index in [0.717, 1.165) is 52.2 Å². The van der Waals surface area contributed by atoms with Crippen molar-refractivity contribution in [2.45, 2.75) is 31.7 Å². The number of fused-ring (bicyclic) bond motifs is 1. The first-order valence-electron chi connectivity index (χ1n) is 13.5. The van der Waals surface area contributed by atoms with Crippen LogP contribution in [0.4, 0.5) is 0 Å². The normalized spacial score (nSPS) is 15.0. The van der Waals surface area contributed by atoms with E-state index in [1.165, 1.54) is 27.6 Å². The minimum Gasteiger partial charge on any atom is -0.379 e. The van der Waals surface area contributed by atoms with Crippen molar-refractivity contribution in [1.29, 1.82) is 0 Å². The number of nitrogens with zero attached hydrogens (tertiary/aromatic N) is 2. The molecule has 1 aliphatic rings. The number of nitrogens with one attached hydrogen (secondary N) is 1. The highest BCUT2D eigenvalue weighted by Crippen LogP contribution is 2.33. The average molecular weight is 496 g/mol. The minimum absolute atomic E-state index is 0.131. The predicted octanol–water partition coefficient (Wildman–Crippen LogP) is 5.24. The van der Waals surface area contributed by atoms with Gasteiger partial charge in [0, 0.05) is 56.2 Å². The molecule has 1 amide bonds. The Balaban J connectivity index is 1.34. The molecular formula is C32H37N3O2. The Morgan fingerprint density at radius 3 is 2.30 bits per heavy atom. The van der Waals surface area contributed by atoms with Gasteiger partial charge in [-0.2, -0.15) is 0 Å². The monoisotopic (exact) mass is 495 g/mol. The standard InChI is InChI=1S/C32H37N3O2/c36-32(33-17-18-34-19-21-37-22-20-34)23-28(16-15-26-9-3-1-4-10-26)30-25-35(24-27-11-5-2-6-12-27)31-14-8-7-13-29(30)31/h1-14,25,28H,15-24H2,(H,33,36)/t28-/m0/s1. The van der Waals surface area contributed by atoms with Gasteiger partial charge >= 0.3 is 0 Å². The van der Waals surface area contributed by atoms with Crippen molar-refractivity contribution < 1.29 is 9.53 Å². The first-order valence-corrected chi connectivity index (χ1v) is 13.5. The van der Waals surface area contributed by atoms with Crippen LogP contribution in [-0.2, 0) is 22.5 Å². The van der Waals surface area contributed by atoms with Crippen LogP contribution < -0.4 is 5.32 Å². The van der Waals surface area contributed by atoms with Crippen LogP contribution in [0.5, 0.6) is 0 Å². The first-order chi connectivity index (χ1) is 18.3. The highest BCUT2D eigenvalue weighted by Gasteiger charge is 2.21. The molecule has 5 heteroatoms. The van der Waals surface area contributed by atoms with Crippen LogP contribution in [0, 0.1) is 0 Å². The number of carbonyl (C=O) groups excluding carboxylic acids is 1. The van der Waals surface area contributed by atoms with Crippen molar-refractivity contribution in [3.8, 4) is 0 Å². The number of rotatable bonds is 11. The Morgan fingerprint density at radius 1 is 0.865 bits per heavy atom. The molecule has 0 unspecified atom stereocenters. The summed E-state index contributed by atoms with van der Waals surface area (Å²) in [6, 6.07) is 29.8. The van der Waals surface area contributed by atoms with E-state index in [4.69, 9.17) is 4.74 Å². The van der Waals surface area contributed by atoms with Gasteiger partial charge in [-0.1, -0.05) is 78.9 Å². The zero-order chi connectivity index (χ0) is 25.3. The maximum Gasteiger partial charge on any atom is 0.220 e. The lowest BCUT2D eigenvalue weighted by Gasteiger charge is -2.26. The summed E-state index contributed by atoms with van der Waals surface area (Å²) in [5.74, 6) is 0.275. The Bertz CT molecular complexity index is 1260. The zero-order valence-electron chi connectivity index (χ0n) is 21.5. The quantitative estimate of drug-likeness (QED) is 0.309. The van der Waals surface area contributed by atoms with Crippen molar-refractivity contribution in [3.63, 3.8) is 0 Å². The number of benzene rings is 3. The maximum absolute atomic E-state index is 13.2. The molecule has 1 N–H and O–H groups in total. The molecule has 37 heavy (non-hydrogen) atoms. The van der Waals surface area contributed by atoms with Crippen LogP contribution in [0.25, 0.3) is 10.9 Å². The summed E-state index contributed by atoms with van der Waals surface area (Å²) in [7, 11) is 0. The third kappa shape index (κ3) is 6.88. The summed E-state index contributed by atoms with van der Waals surface area (Å²) >= 11 is 0. The molecule has 0 spiro atoms. The third-order valence-electron chi connectivity index (χ3n) is 7.36. The summed E-state index contributed by atoms with van der Waals surface area (Å²) < 4.78 is 7.77. The van der Waals surface area contributed by atoms with Crippen LogP contribution >= 0.6 is 0 Å². The number of ether oxygens (including phenoxy) is 1. The summed E-state index contributed by atoms with van der Waals surface area (Å²) in [5, 5.41) is 4.44. The van der Waals surface area contributed by atoms with Crippen LogP contribution in [0.1, 0.15) is 35.4 Å². The zero-order valence-corrected chi connectivity index (χ0v) is 21.5. The lowest BCUT2D eigenvalue weighted by atomic mass is 9.89. The molecule has 0 aliphatic carbocycles. The fraction of sp³-hybridized carbons (Fsp3) is 0.344. The molecule has 0 bridgehead atoms. The minimum atomic E-state index is 0.131. The van der Waals surface area contributed by atoms with Crippen molar-refractivity contribution in [3.05, 3.63) is 108 Å². The van der Waals surface area contributed by atoms with E-state index in [1.807, 2.05) is 0 Å². The smallest absolute Gasteiger partial charge is 0.220 e. The van der Waals surface area contributed by atoms with Crippen molar-refractivity contribution >= 4 is 16.8 Å². The van der Waals surface area contributed by atoms with Crippen LogP contribution in [-0.4, -0.2) is 54.8 Å². The number of aryl methyl sites for hydroxylation is 1. The molecule has 1 atom stereocenters. The number of aromatic nitrogens is 1. The van der Waals surface area contributed by atoms with E-state index in [9.17, 15) is 4.79 Å². The van der Waals surface area contributed by atoms with Gasteiger partial charge in [-0.15, -0.1) is 0 Å². The number of carbonyl (C=O) groups is 1. The van der Waals surface area contributed by atoms with Gasteiger partial charge in [-0.05, 0) is 41.5 Å². The summed E-state index contributed by atoms with van der Waals surface area (Å²) in [6.07, 6.45) is 4.66. The number of para-hydroxylation sites is 1. The molecule has 3 aromatic carbocycles. The Labute approximate surface area is 220 Å². The lowest BCUT2D eigenvalue weighted by molar-refractivity contribution is -0.121. The fourth-order valence-corrected chi connectivity index (χ4v) is 5.34. The van der Waals surface area contributed by atoms with E-state index in [0.29, 0.717) is 13.0 Å². The molecule has 0 radical (unpaired) electrons. The van der Waals surface area contributed by atoms with Gasteiger partial charge in [0.15, 0.2) is 0 Å².